The summed E-state index contributed by atoms with van der Waals surface area (Å²) in [6, 6.07) is 17.6. The number of rotatable bonds is 6. The predicted molar refractivity (Wildman–Crippen MR) is 133 cm³/mol. The lowest BCUT2D eigenvalue weighted by molar-refractivity contribution is -0.120. The van der Waals surface area contributed by atoms with E-state index in [0.717, 1.165) is 33.3 Å². The first-order chi connectivity index (χ1) is 15.6. The van der Waals surface area contributed by atoms with Crippen molar-refractivity contribution >= 4 is 43.2 Å². The van der Waals surface area contributed by atoms with Crippen molar-refractivity contribution in [3.05, 3.63) is 81.8 Å². The Bertz CT molecular complexity index is 1310. The Labute approximate surface area is 202 Å². The largest absolute Gasteiger partial charge is 0.484 e. The third-order valence-electron chi connectivity index (χ3n) is 5.66. The number of anilines is 2. The van der Waals surface area contributed by atoms with E-state index in [2.05, 4.69) is 20.7 Å². The Morgan fingerprint density at radius 2 is 1.82 bits per heavy atom. The van der Waals surface area contributed by atoms with E-state index < -0.39 is 10.0 Å². The topological polar surface area (TPSA) is 75.7 Å². The molecule has 8 heteroatoms. The van der Waals surface area contributed by atoms with E-state index in [4.69, 9.17) is 4.74 Å². The molecule has 1 amide bonds. The molecule has 1 atom stereocenters. The summed E-state index contributed by atoms with van der Waals surface area (Å²) < 4.78 is 34.9. The smallest absolute Gasteiger partial charge is 0.265 e. The van der Waals surface area contributed by atoms with Gasteiger partial charge in [0, 0.05) is 16.2 Å². The number of ether oxygens (including phenoxy) is 1. The van der Waals surface area contributed by atoms with Crippen molar-refractivity contribution in [1.82, 2.24) is 0 Å². The van der Waals surface area contributed by atoms with Crippen LogP contribution in [0.5, 0.6) is 5.75 Å². The molecular formula is C25H25BrN2O4S. The van der Waals surface area contributed by atoms with Gasteiger partial charge in [-0.2, -0.15) is 0 Å². The number of aryl methyl sites for hydroxylation is 2. The average Bonchev–Trinajstić information content (AvgIpc) is 3.09. The van der Waals surface area contributed by atoms with Crippen LogP contribution in [0.1, 0.15) is 23.6 Å². The normalized spacial score (nSPS) is 15.3. The SMILES string of the molecule is Cc1ccc(C)c(NS(=O)(=O)c2ccc(OCC(=O)N3c4ccc(Br)cc4C[C@@H]3C)cc2)c1. The van der Waals surface area contributed by atoms with Crippen molar-refractivity contribution in [3.8, 4) is 5.75 Å². The molecule has 0 aromatic heterocycles. The number of hydrogen-bond acceptors (Lipinski definition) is 4. The summed E-state index contributed by atoms with van der Waals surface area (Å²) in [6.07, 6.45) is 0.792. The molecule has 33 heavy (non-hydrogen) atoms. The molecule has 0 saturated carbocycles. The van der Waals surface area contributed by atoms with Crippen LogP contribution in [-0.4, -0.2) is 27.0 Å². The number of fused-ring (bicyclic) bond motifs is 1. The minimum atomic E-state index is -3.74. The van der Waals surface area contributed by atoms with E-state index in [9.17, 15) is 13.2 Å². The van der Waals surface area contributed by atoms with Crippen LogP contribution in [0.4, 0.5) is 11.4 Å². The van der Waals surface area contributed by atoms with Crippen molar-refractivity contribution in [2.75, 3.05) is 16.2 Å². The maximum absolute atomic E-state index is 12.8. The van der Waals surface area contributed by atoms with E-state index in [-0.39, 0.29) is 23.5 Å². The van der Waals surface area contributed by atoms with Crippen LogP contribution >= 0.6 is 15.9 Å². The van der Waals surface area contributed by atoms with Crippen LogP contribution in [0.15, 0.2) is 70.0 Å². The first kappa shape index (κ1) is 23.3. The molecule has 0 radical (unpaired) electrons. The lowest BCUT2D eigenvalue weighted by Crippen LogP contribution is -2.39. The molecule has 0 aliphatic carbocycles. The Morgan fingerprint density at radius 1 is 1.09 bits per heavy atom. The van der Waals surface area contributed by atoms with Crippen LogP contribution in [0, 0.1) is 13.8 Å². The minimum absolute atomic E-state index is 0.0501. The molecule has 6 nitrogen and oxygen atoms in total. The number of sulfonamides is 1. The molecule has 0 spiro atoms. The quantitative estimate of drug-likeness (QED) is 0.475. The van der Waals surface area contributed by atoms with Crippen molar-refractivity contribution < 1.29 is 17.9 Å². The maximum atomic E-state index is 12.8. The van der Waals surface area contributed by atoms with Gasteiger partial charge in [-0.3, -0.25) is 9.52 Å². The van der Waals surface area contributed by atoms with Crippen LogP contribution in [0.2, 0.25) is 0 Å². The second-order valence-corrected chi connectivity index (χ2v) is 10.9. The highest BCUT2D eigenvalue weighted by Gasteiger charge is 2.31. The molecule has 172 valence electrons. The molecule has 1 aliphatic rings. The van der Waals surface area contributed by atoms with Crippen LogP contribution < -0.4 is 14.4 Å². The van der Waals surface area contributed by atoms with Crippen LogP contribution in [0.25, 0.3) is 0 Å². The monoisotopic (exact) mass is 528 g/mol. The number of nitrogens with zero attached hydrogens (tertiary/aromatic N) is 1. The van der Waals surface area contributed by atoms with Gasteiger partial charge in [-0.05, 0) is 92.4 Å². The van der Waals surface area contributed by atoms with Gasteiger partial charge in [0.1, 0.15) is 5.75 Å². The number of nitrogens with one attached hydrogen (secondary N) is 1. The van der Waals surface area contributed by atoms with Gasteiger partial charge in [0.05, 0.1) is 10.6 Å². The fraction of sp³-hybridized carbons (Fsp3) is 0.240. The molecule has 0 bridgehead atoms. The van der Waals surface area contributed by atoms with E-state index in [1.54, 1.807) is 23.1 Å². The van der Waals surface area contributed by atoms with Crippen LogP contribution in [-0.2, 0) is 21.2 Å². The zero-order valence-electron chi connectivity index (χ0n) is 18.6. The highest BCUT2D eigenvalue weighted by Crippen LogP contribution is 2.34. The van der Waals surface area contributed by atoms with E-state index >= 15 is 0 Å². The van der Waals surface area contributed by atoms with Gasteiger partial charge in [0.2, 0.25) is 0 Å². The van der Waals surface area contributed by atoms with E-state index in [1.165, 1.54) is 12.1 Å². The molecule has 1 aliphatic heterocycles. The van der Waals surface area contributed by atoms with Gasteiger partial charge in [-0.1, -0.05) is 28.1 Å². The van der Waals surface area contributed by atoms with Gasteiger partial charge in [-0.25, -0.2) is 8.42 Å². The van der Waals surface area contributed by atoms with Gasteiger partial charge >= 0.3 is 0 Å². The fourth-order valence-electron chi connectivity index (χ4n) is 3.96. The van der Waals surface area contributed by atoms with Gasteiger partial charge in [0.25, 0.3) is 15.9 Å². The number of halogens is 1. The summed E-state index contributed by atoms with van der Waals surface area (Å²) in [5.41, 5.74) is 4.38. The molecule has 4 rings (SSSR count). The molecule has 3 aromatic carbocycles. The van der Waals surface area contributed by atoms with Gasteiger partial charge < -0.3 is 9.64 Å². The summed E-state index contributed by atoms with van der Waals surface area (Å²) in [5.74, 6) is 0.286. The standard InChI is InChI=1S/C25H25BrN2O4S/c1-16-4-5-17(2)23(12-16)27-33(30,31)22-9-7-21(8-10-22)32-15-25(29)28-18(3)13-19-14-20(26)6-11-24(19)28/h4-12,14,18,27H,13,15H2,1-3H3/t18-/m0/s1. The highest BCUT2D eigenvalue weighted by molar-refractivity contribution is 9.10. The van der Waals surface area contributed by atoms with E-state index in [0.29, 0.717) is 11.4 Å². The first-order valence-electron chi connectivity index (χ1n) is 10.6. The third-order valence-corrected chi connectivity index (χ3v) is 7.53. The Balaban J connectivity index is 1.42. The summed E-state index contributed by atoms with van der Waals surface area (Å²) in [4.78, 5) is 14.7. The molecule has 3 aromatic rings. The third kappa shape index (κ3) is 5.07. The lowest BCUT2D eigenvalue weighted by Gasteiger charge is -2.22. The lowest BCUT2D eigenvalue weighted by atomic mass is 10.1. The number of carbonyl (C=O) groups is 1. The highest BCUT2D eigenvalue weighted by atomic mass is 79.9. The number of hydrogen-bond donors (Lipinski definition) is 1. The molecule has 1 N–H and O–H groups in total. The molecular weight excluding hydrogens is 504 g/mol. The second-order valence-electron chi connectivity index (χ2n) is 8.27. The zero-order valence-corrected chi connectivity index (χ0v) is 21.0. The number of amides is 1. The van der Waals surface area contributed by atoms with Gasteiger partial charge in [0.15, 0.2) is 6.61 Å². The predicted octanol–water partition coefficient (Wildman–Crippen LogP) is 5.22. The summed E-state index contributed by atoms with van der Waals surface area (Å²) >= 11 is 3.47. The molecule has 0 unspecified atom stereocenters. The Morgan fingerprint density at radius 3 is 2.55 bits per heavy atom. The average molecular weight is 529 g/mol. The van der Waals surface area contributed by atoms with Crippen LogP contribution in [0.3, 0.4) is 0 Å². The summed E-state index contributed by atoms with van der Waals surface area (Å²) in [6.45, 7) is 5.63. The van der Waals surface area contributed by atoms with Crippen molar-refractivity contribution in [2.24, 2.45) is 0 Å². The maximum Gasteiger partial charge on any atom is 0.265 e. The molecule has 0 fully saturated rings. The minimum Gasteiger partial charge on any atom is -0.484 e. The molecule has 1 heterocycles. The number of benzene rings is 3. The van der Waals surface area contributed by atoms with Gasteiger partial charge in [-0.15, -0.1) is 0 Å². The van der Waals surface area contributed by atoms with Crippen molar-refractivity contribution in [2.45, 2.75) is 38.1 Å². The Hall–Kier alpha value is -2.84. The fourth-order valence-corrected chi connectivity index (χ4v) is 5.49. The second kappa shape index (κ2) is 9.19. The first-order valence-corrected chi connectivity index (χ1v) is 12.8. The van der Waals surface area contributed by atoms with E-state index in [1.807, 2.05) is 51.1 Å². The zero-order chi connectivity index (χ0) is 23.8. The Kier molecular flexibility index (Phi) is 6.50. The number of carbonyl (C=O) groups excluding carboxylic acids is 1. The van der Waals surface area contributed by atoms with Crippen molar-refractivity contribution in [1.29, 1.82) is 0 Å². The summed E-state index contributed by atoms with van der Waals surface area (Å²) in [5, 5.41) is 0. The summed E-state index contributed by atoms with van der Waals surface area (Å²) in [7, 11) is -3.74. The van der Waals surface area contributed by atoms with Crippen molar-refractivity contribution in [3.63, 3.8) is 0 Å². The molecule has 0 saturated heterocycles.